The van der Waals surface area contributed by atoms with E-state index in [0.717, 1.165) is 25.7 Å². The van der Waals surface area contributed by atoms with Crippen molar-refractivity contribution in [3.05, 3.63) is 23.0 Å². The van der Waals surface area contributed by atoms with Gasteiger partial charge in [-0.1, -0.05) is 11.6 Å². The first-order valence-corrected chi connectivity index (χ1v) is 5.86. The normalized spacial score (nSPS) is 25.4. The molecule has 0 aliphatic heterocycles. The fraction of sp³-hybridized carbons (Fsp3) is 0.545. The molecule has 0 unspecified atom stereocenters. The topological polar surface area (TPSA) is 65.1 Å². The van der Waals surface area contributed by atoms with Crippen molar-refractivity contribution in [1.82, 2.24) is 10.3 Å². The van der Waals surface area contributed by atoms with Crippen molar-refractivity contribution in [2.75, 3.05) is 0 Å². The lowest BCUT2D eigenvalue weighted by Crippen LogP contribution is -2.38. The van der Waals surface area contributed by atoms with Crippen LogP contribution in [0.3, 0.4) is 0 Å². The van der Waals surface area contributed by atoms with E-state index < -0.39 is 0 Å². The minimum atomic E-state index is -0.201. The highest BCUT2D eigenvalue weighted by Crippen LogP contribution is 2.19. The summed E-state index contributed by atoms with van der Waals surface area (Å²) in [7, 11) is 0. The van der Waals surface area contributed by atoms with Crippen molar-refractivity contribution >= 4 is 17.5 Å². The van der Waals surface area contributed by atoms with E-state index in [-0.39, 0.29) is 18.1 Å². The van der Waals surface area contributed by atoms with Crippen LogP contribution in [0, 0.1) is 0 Å². The first-order valence-electron chi connectivity index (χ1n) is 5.48. The summed E-state index contributed by atoms with van der Waals surface area (Å²) in [6.45, 7) is 0. The molecule has 2 rings (SSSR count). The van der Waals surface area contributed by atoms with Crippen LogP contribution in [0.1, 0.15) is 36.2 Å². The molecule has 0 radical (unpaired) electrons. The lowest BCUT2D eigenvalue weighted by molar-refractivity contribution is 0.0864. The average molecular weight is 243 g/mol. The molecule has 3 N–H and O–H groups in total. The van der Waals surface area contributed by atoms with Gasteiger partial charge in [-0.15, -0.1) is 0 Å². The summed E-state index contributed by atoms with van der Waals surface area (Å²) in [6.07, 6.45) is 4.57. The maximum atomic E-state index is 11.7. The Kier molecular flexibility index (Phi) is 3.51. The van der Waals surface area contributed by atoms with E-state index in [9.17, 15) is 9.90 Å². The van der Waals surface area contributed by atoms with Crippen LogP contribution >= 0.6 is 11.6 Å². The number of carbonyl (C=O) groups excluding carboxylic acids is 1. The Bertz CT molecular complexity index is 370. The molecule has 4 nitrogen and oxygen atoms in total. The number of hydrogen-bond donors (Lipinski definition) is 3. The van der Waals surface area contributed by atoms with Crippen LogP contribution < -0.4 is 5.32 Å². The monoisotopic (exact) mass is 242 g/mol. The summed E-state index contributed by atoms with van der Waals surface area (Å²) in [6, 6.07) is 1.77. The van der Waals surface area contributed by atoms with Crippen LogP contribution in [0.25, 0.3) is 0 Å². The lowest BCUT2D eigenvalue weighted by Gasteiger charge is -2.25. The highest BCUT2D eigenvalue weighted by Gasteiger charge is 2.21. The highest BCUT2D eigenvalue weighted by molar-refractivity contribution is 6.30. The molecule has 1 amide bonds. The lowest BCUT2D eigenvalue weighted by atomic mass is 9.93. The Morgan fingerprint density at radius 3 is 2.69 bits per heavy atom. The van der Waals surface area contributed by atoms with Crippen LogP contribution in [0.5, 0.6) is 0 Å². The Labute approximate surface area is 99.0 Å². The van der Waals surface area contributed by atoms with Gasteiger partial charge in [0.2, 0.25) is 0 Å². The number of aliphatic hydroxyl groups is 1. The van der Waals surface area contributed by atoms with Crippen LogP contribution in [-0.4, -0.2) is 28.1 Å². The van der Waals surface area contributed by atoms with Crippen molar-refractivity contribution < 1.29 is 9.90 Å². The third kappa shape index (κ3) is 2.77. The van der Waals surface area contributed by atoms with Gasteiger partial charge in [0.1, 0.15) is 5.69 Å². The first-order chi connectivity index (χ1) is 7.65. The van der Waals surface area contributed by atoms with Gasteiger partial charge in [-0.3, -0.25) is 4.79 Å². The quantitative estimate of drug-likeness (QED) is 0.739. The van der Waals surface area contributed by atoms with Gasteiger partial charge >= 0.3 is 0 Å². The van der Waals surface area contributed by atoms with Crippen LogP contribution in [0.4, 0.5) is 0 Å². The molecular weight excluding hydrogens is 228 g/mol. The van der Waals surface area contributed by atoms with Crippen molar-refractivity contribution in [2.24, 2.45) is 0 Å². The number of rotatable bonds is 2. The molecule has 0 saturated heterocycles. The van der Waals surface area contributed by atoms with Crippen molar-refractivity contribution in [1.29, 1.82) is 0 Å². The molecule has 0 bridgehead atoms. The molecule has 1 saturated carbocycles. The molecule has 1 fully saturated rings. The van der Waals surface area contributed by atoms with Gasteiger partial charge in [0.25, 0.3) is 5.91 Å². The second kappa shape index (κ2) is 4.89. The van der Waals surface area contributed by atoms with Gasteiger partial charge in [0.05, 0.1) is 11.1 Å². The smallest absolute Gasteiger partial charge is 0.267 e. The summed E-state index contributed by atoms with van der Waals surface area (Å²) >= 11 is 5.72. The Balaban J connectivity index is 1.88. The van der Waals surface area contributed by atoms with Gasteiger partial charge in [0, 0.05) is 12.2 Å². The predicted octanol–water partition coefficient (Wildman–Crippen LogP) is 1.70. The number of aromatic amines is 1. The molecule has 1 aliphatic carbocycles. The van der Waals surface area contributed by atoms with Crippen LogP contribution in [0.15, 0.2) is 12.3 Å². The highest BCUT2D eigenvalue weighted by atomic mass is 35.5. The molecule has 16 heavy (non-hydrogen) atoms. The standard InChI is InChI=1S/C11H15ClN2O2/c12-7-5-10(13-6-7)11(16)14-8-1-3-9(15)4-2-8/h5-6,8-9,13,15H,1-4H2,(H,14,16). The third-order valence-electron chi connectivity index (χ3n) is 2.92. The molecule has 0 spiro atoms. The summed E-state index contributed by atoms with van der Waals surface area (Å²) in [5.41, 5.74) is 0.483. The van der Waals surface area contributed by atoms with E-state index in [4.69, 9.17) is 11.6 Å². The van der Waals surface area contributed by atoms with Gasteiger partial charge in [-0.25, -0.2) is 0 Å². The zero-order chi connectivity index (χ0) is 11.5. The number of hydrogen-bond acceptors (Lipinski definition) is 2. The molecule has 88 valence electrons. The van der Waals surface area contributed by atoms with E-state index in [1.165, 1.54) is 0 Å². The molecule has 1 heterocycles. The van der Waals surface area contributed by atoms with E-state index in [2.05, 4.69) is 10.3 Å². The van der Waals surface area contributed by atoms with Crippen molar-refractivity contribution in [3.8, 4) is 0 Å². The predicted molar refractivity (Wildman–Crippen MR) is 61.5 cm³/mol. The SMILES string of the molecule is O=C(NC1CCC(O)CC1)c1cc(Cl)c[nH]1. The molecule has 1 aromatic heterocycles. The van der Waals surface area contributed by atoms with E-state index in [0.29, 0.717) is 10.7 Å². The minimum absolute atomic E-state index is 0.131. The number of H-pyrrole nitrogens is 1. The molecule has 1 aliphatic rings. The molecular formula is C11H15ClN2O2. The average Bonchev–Trinajstić information content (AvgIpc) is 2.68. The zero-order valence-corrected chi connectivity index (χ0v) is 9.63. The number of carbonyl (C=O) groups is 1. The first kappa shape index (κ1) is 11.5. The van der Waals surface area contributed by atoms with Crippen molar-refractivity contribution in [2.45, 2.75) is 37.8 Å². The van der Waals surface area contributed by atoms with Crippen LogP contribution in [0.2, 0.25) is 5.02 Å². The molecule has 0 aromatic carbocycles. The Hall–Kier alpha value is -1.00. The summed E-state index contributed by atoms with van der Waals surface area (Å²) < 4.78 is 0. The Morgan fingerprint density at radius 2 is 2.12 bits per heavy atom. The maximum Gasteiger partial charge on any atom is 0.267 e. The summed E-state index contributed by atoms with van der Waals surface area (Å²) in [5.74, 6) is -0.131. The third-order valence-corrected chi connectivity index (χ3v) is 3.14. The zero-order valence-electron chi connectivity index (χ0n) is 8.87. The number of aromatic nitrogens is 1. The summed E-state index contributed by atoms with van der Waals surface area (Å²) in [5, 5.41) is 12.8. The maximum absolute atomic E-state index is 11.7. The largest absolute Gasteiger partial charge is 0.393 e. The van der Waals surface area contributed by atoms with Gasteiger partial charge < -0.3 is 15.4 Å². The van der Waals surface area contributed by atoms with Gasteiger partial charge in [0.15, 0.2) is 0 Å². The minimum Gasteiger partial charge on any atom is -0.393 e. The second-order valence-corrected chi connectivity index (χ2v) is 4.65. The molecule has 5 heteroatoms. The summed E-state index contributed by atoms with van der Waals surface area (Å²) in [4.78, 5) is 14.6. The van der Waals surface area contributed by atoms with Crippen LogP contribution in [-0.2, 0) is 0 Å². The van der Waals surface area contributed by atoms with E-state index >= 15 is 0 Å². The number of nitrogens with one attached hydrogen (secondary N) is 2. The molecule has 1 aromatic rings. The van der Waals surface area contributed by atoms with Gasteiger partial charge in [-0.05, 0) is 31.7 Å². The van der Waals surface area contributed by atoms with E-state index in [1.54, 1.807) is 12.3 Å². The van der Waals surface area contributed by atoms with Crippen molar-refractivity contribution in [3.63, 3.8) is 0 Å². The molecule has 0 atom stereocenters. The fourth-order valence-electron chi connectivity index (χ4n) is 1.98. The Morgan fingerprint density at radius 1 is 1.44 bits per heavy atom. The number of amides is 1. The fourth-order valence-corrected chi connectivity index (χ4v) is 2.15. The number of halogens is 1. The van der Waals surface area contributed by atoms with E-state index in [1.807, 2.05) is 0 Å². The van der Waals surface area contributed by atoms with Gasteiger partial charge in [-0.2, -0.15) is 0 Å². The second-order valence-electron chi connectivity index (χ2n) is 4.21. The number of aliphatic hydroxyl groups excluding tert-OH is 1.